The van der Waals surface area contributed by atoms with E-state index in [1.54, 1.807) is 0 Å². The van der Waals surface area contributed by atoms with Gasteiger partial charge in [-0.2, -0.15) is 0 Å². The minimum absolute atomic E-state index is 0.125. The molecule has 4 N–H and O–H groups in total. The van der Waals surface area contributed by atoms with Gasteiger partial charge < -0.3 is 21.3 Å². The summed E-state index contributed by atoms with van der Waals surface area (Å²) < 4.78 is 24.9. The Hall–Kier alpha value is -1.83. The van der Waals surface area contributed by atoms with Crippen molar-refractivity contribution in [2.24, 2.45) is 11.7 Å². The molecule has 2 aliphatic rings. The summed E-state index contributed by atoms with van der Waals surface area (Å²) in [5, 5.41) is 6.09. The molecule has 1 aromatic heterocycles. The summed E-state index contributed by atoms with van der Waals surface area (Å²) in [5.74, 6) is 0.224. The second-order valence-electron chi connectivity index (χ2n) is 5.83. The molecule has 1 aromatic rings. The van der Waals surface area contributed by atoms with Gasteiger partial charge in [-0.3, -0.25) is 4.79 Å². The number of pyridine rings is 1. The molecule has 1 saturated carbocycles. The van der Waals surface area contributed by atoms with Gasteiger partial charge >= 0.3 is 0 Å². The Morgan fingerprint density at radius 3 is 3.00 bits per heavy atom. The third kappa shape index (κ3) is 3.26. The minimum atomic E-state index is -2.46. The predicted molar refractivity (Wildman–Crippen MR) is 85.0 cm³/mol. The van der Waals surface area contributed by atoms with E-state index >= 15 is 0 Å². The highest BCUT2D eigenvalue weighted by molar-refractivity contribution is 6.30. The summed E-state index contributed by atoms with van der Waals surface area (Å²) in [7, 11) is 0. The Balaban J connectivity index is 1.81. The van der Waals surface area contributed by atoms with Gasteiger partial charge in [0.15, 0.2) is 5.82 Å². The van der Waals surface area contributed by atoms with E-state index < -0.39 is 13.0 Å². The minimum Gasteiger partial charge on any atom is -0.377 e. The molecule has 0 radical (unpaired) electrons. The van der Waals surface area contributed by atoms with Gasteiger partial charge in [0.25, 0.3) is 6.43 Å². The molecule has 0 bridgehead atoms. The highest BCUT2D eigenvalue weighted by Crippen LogP contribution is 2.42. The van der Waals surface area contributed by atoms with Crippen LogP contribution in [0.1, 0.15) is 19.3 Å². The van der Waals surface area contributed by atoms with E-state index in [0.717, 1.165) is 12.8 Å². The molecule has 9 heteroatoms. The molecular formula is C14H18ClF2N5O. The summed E-state index contributed by atoms with van der Waals surface area (Å²) in [4.78, 5) is 17.7. The molecule has 1 aliphatic heterocycles. The Bertz CT molecular complexity index is 615. The number of aromatic nitrogens is 1. The van der Waals surface area contributed by atoms with Gasteiger partial charge in [-0.1, -0.05) is 11.6 Å². The molecular weight excluding hydrogens is 328 g/mol. The zero-order chi connectivity index (χ0) is 16.6. The van der Waals surface area contributed by atoms with E-state index in [9.17, 15) is 13.6 Å². The topological polar surface area (TPSA) is 83.3 Å². The van der Waals surface area contributed by atoms with Crippen LogP contribution in [0.5, 0.6) is 0 Å². The SMILES string of the molecule is NC(=O)[C@@H]1CCC(N2CNc3c(NCC(F)F)cc(Cl)nc32)C1. The number of hydrogen-bond donors (Lipinski definition) is 3. The van der Waals surface area contributed by atoms with Gasteiger partial charge in [-0.25, -0.2) is 13.8 Å². The Kier molecular flexibility index (Phi) is 4.43. The highest BCUT2D eigenvalue weighted by Gasteiger charge is 2.36. The standard InChI is InChI=1S/C14H18ClF2N5O/c15-10-4-9(19-5-11(16)17)12-14(21-10)22(6-20-12)8-2-1-7(3-8)13(18)23/h4,7-8,11,20H,1-3,5-6H2,(H2,18,23)(H,19,21)/t7-,8?/m1/s1. The normalized spacial score (nSPS) is 23.0. The quantitative estimate of drug-likeness (QED) is 0.713. The second kappa shape index (κ2) is 6.35. The van der Waals surface area contributed by atoms with Crippen LogP contribution in [0.25, 0.3) is 0 Å². The number of rotatable bonds is 5. The maximum atomic E-state index is 12.4. The average Bonchev–Trinajstić information content (AvgIpc) is 3.10. The largest absolute Gasteiger partial charge is 0.377 e. The van der Waals surface area contributed by atoms with Gasteiger partial charge in [-0.15, -0.1) is 0 Å². The number of carbonyl (C=O) groups is 1. The first-order valence-corrected chi connectivity index (χ1v) is 7.86. The number of alkyl halides is 2. The molecule has 1 amide bonds. The van der Waals surface area contributed by atoms with Gasteiger partial charge in [0.1, 0.15) is 10.8 Å². The Labute approximate surface area is 137 Å². The molecule has 2 heterocycles. The fourth-order valence-corrected chi connectivity index (χ4v) is 3.44. The fraction of sp³-hybridized carbons (Fsp3) is 0.571. The van der Waals surface area contributed by atoms with Crippen molar-refractivity contribution in [2.45, 2.75) is 31.7 Å². The molecule has 23 heavy (non-hydrogen) atoms. The summed E-state index contributed by atoms with van der Waals surface area (Å²) in [6.45, 7) is 0.0455. The van der Waals surface area contributed by atoms with Crippen LogP contribution in [0.2, 0.25) is 5.15 Å². The molecule has 1 fully saturated rings. The lowest BCUT2D eigenvalue weighted by atomic mass is 10.1. The molecule has 6 nitrogen and oxygen atoms in total. The lowest BCUT2D eigenvalue weighted by Crippen LogP contribution is -2.34. The van der Waals surface area contributed by atoms with Crippen molar-refractivity contribution in [3.63, 3.8) is 0 Å². The fourth-order valence-electron chi connectivity index (χ4n) is 3.25. The van der Waals surface area contributed by atoms with Crippen LogP contribution in [0.4, 0.5) is 26.0 Å². The number of carbonyl (C=O) groups excluding carboxylic acids is 1. The lowest BCUT2D eigenvalue weighted by molar-refractivity contribution is -0.121. The van der Waals surface area contributed by atoms with Crippen LogP contribution in [-0.4, -0.2) is 36.6 Å². The summed E-state index contributed by atoms with van der Waals surface area (Å²) in [6.07, 6.45) is -0.197. The third-order valence-corrected chi connectivity index (χ3v) is 4.56. The summed E-state index contributed by atoms with van der Waals surface area (Å²) in [5.41, 5.74) is 6.55. The number of anilines is 3. The maximum Gasteiger partial charge on any atom is 0.255 e. The van der Waals surface area contributed by atoms with E-state index in [1.807, 2.05) is 4.90 Å². The first-order chi connectivity index (χ1) is 11.0. The van der Waals surface area contributed by atoms with Crippen LogP contribution in [-0.2, 0) is 4.79 Å². The third-order valence-electron chi connectivity index (χ3n) is 4.36. The maximum absolute atomic E-state index is 12.4. The first kappa shape index (κ1) is 16.0. The summed E-state index contributed by atoms with van der Waals surface area (Å²) in [6, 6.07) is 1.66. The predicted octanol–water partition coefficient (Wildman–Crippen LogP) is 2.26. The van der Waals surface area contributed by atoms with Crippen molar-refractivity contribution in [1.82, 2.24) is 4.98 Å². The van der Waals surface area contributed by atoms with Crippen LogP contribution in [0.3, 0.4) is 0 Å². The van der Waals surface area contributed by atoms with E-state index in [1.165, 1.54) is 6.07 Å². The number of primary amides is 1. The monoisotopic (exact) mass is 345 g/mol. The number of nitrogens with two attached hydrogens (primary N) is 1. The first-order valence-electron chi connectivity index (χ1n) is 7.48. The number of nitrogens with zero attached hydrogens (tertiary/aromatic N) is 2. The molecule has 2 atom stereocenters. The van der Waals surface area contributed by atoms with Crippen molar-refractivity contribution >= 4 is 34.7 Å². The number of fused-ring (bicyclic) bond motifs is 1. The second-order valence-corrected chi connectivity index (χ2v) is 6.22. The van der Waals surface area contributed by atoms with Gasteiger partial charge in [0.05, 0.1) is 18.9 Å². The zero-order valence-electron chi connectivity index (χ0n) is 12.4. The number of hydrogen-bond acceptors (Lipinski definition) is 5. The van der Waals surface area contributed by atoms with Crippen LogP contribution in [0.15, 0.2) is 6.07 Å². The number of amides is 1. The molecule has 1 unspecified atom stereocenters. The van der Waals surface area contributed by atoms with Crippen LogP contribution >= 0.6 is 11.6 Å². The molecule has 0 spiro atoms. The van der Waals surface area contributed by atoms with E-state index in [2.05, 4.69) is 15.6 Å². The van der Waals surface area contributed by atoms with E-state index in [-0.39, 0.29) is 23.0 Å². The van der Waals surface area contributed by atoms with Crippen molar-refractivity contribution in [3.05, 3.63) is 11.2 Å². The smallest absolute Gasteiger partial charge is 0.255 e. The molecule has 0 aromatic carbocycles. The average molecular weight is 346 g/mol. The van der Waals surface area contributed by atoms with Crippen molar-refractivity contribution in [1.29, 1.82) is 0 Å². The molecule has 1 aliphatic carbocycles. The molecule has 3 rings (SSSR count). The lowest BCUT2D eigenvalue weighted by Gasteiger charge is -2.25. The highest BCUT2D eigenvalue weighted by atomic mass is 35.5. The van der Waals surface area contributed by atoms with Crippen molar-refractivity contribution in [3.8, 4) is 0 Å². The summed E-state index contributed by atoms with van der Waals surface area (Å²) >= 11 is 6.03. The van der Waals surface area contributed by atoms with Gasteiger partial charge in [-0.05, 0) is 19.3 Å². The zero-order valence-corrected chi connectivity index (χ0v) is 13.1. The Morgan fingerprint density at radius 2 is 2.35 bits per heavy atom. The van der Waals surface area contributed by atoms with Gasteiger partial charge in [0, 0.05) is 18.0 Å². The van der Waals surface area contributed by atoms with Gasteiger partial charge in [0.2, 0.25) is 5.91 Å². The molecule has 126 valence electrons. The van der Waals surface area contributed by atoms with Crippen LogP contribution in [0, 0.1) is 5.92 Å². The van der Waals surface area contributed by atoms with Crippen molar-refractivity contribution < 1.29 is 13.6 Å². The van der Waals surface area contributed by atoms with E-state index in [0.29, 0.717) is 30.3 Å². The van der Waals surface area contributed by atoms with E-state index in [4.69, 9.17) is 17.3 Å². The Morgan fingerprint density at radius 1 is 1.57 bits per heavy atom. The molecule has 0 saturated heterocycles. The van der Waals surface area contributed by atoms with Crippen molar-refractivity contribution in [2.75, 3.05) is 28.7 Å². The number of nitrogens with one attached hydrogen (secondary N) is 2. The van der Waals surface area contributed by atoms with Crippen LogP contribution < -0.4 is 21.3 Å². The number of halogens is 3.